The molecule has 0 saturated heterocycles. The van der Waals surface area contributed by atoms with Crippen molar-refractivity contribution in [2.24, 2.45) is 0 Å². The number of rotatable bonds is 7. The highest BCUT2D eigenvalue weighted by atomic mass is 32.2. The van der Waals surface area contributed by atoms with Gasteiger partial charge in [0.05, 0.1) is 18.0 Å². The van der Waals surface area contributed by atoms with Crippen molar-refractivity contribution in [2.75, 3.05) is 12.3 Å². The van der Waals surface area contributed by atoms with Gasteiger partial charge in [0.15, 0.2) is 0 Å². The fourth-order valence-corrected chi connectivity index (χ4v) is 2.88. The van der Waals surface area contributed by atoms with E-state index in [-0.39, 0.29) is 5.75 Å². The molecule has 6 nitrogen and oxygen atoms in total. The Bertz CT molecular complexity index is 637. The Morgan fingerprint density at radius 2 is 2.10 bits per heavy atom. The Morgan fingerprint density at radius 1 is 1.25 bits per heavy atom. The van der Waals surface area contributed by atoms with Crippen molar-refractivity contribution in [3.63, 3.8) is 0 Å². The maximum Gasteiger partial charge on any atom is 0.211 e. The van der Waals surface area contributed by atoms with E-state index in [1.165, 1.54) is 0 Å². The van der Waals surface area contributed by atoms with Crippen LogP contribution in [0.1, 0.15) is 13.3 Å². The highest BCUT2D eigenvalue weighted by Gasteiger charge is 2.08. The van der Waals surface area contributed by atoms with Crippen molar-refractivity contribution in [3.05, 3.63) is 36.7 Å². The lowest BCUT2D eigenvalue weighted by Crippen LogP contribution is -2.29. The third-order valence-corrected chi connectivity index (χ3v) is 4.29. The van der Waals surface area contributed by atoms with Gasteiger partial charge in [-0.2, -0.15) is 5.10 Å². The van der Waals surface area contributed by atoms with E-state index < -0.39 is 10.0 Å². The summed E-state index contributed by atoms with van der Waals surface area (Å²) in [6.07, 6.45) is 4.15. The quantitative estimate of drug-likeness (QED) is 0.834. The second-order valence-corrected chi connectivity index (χ2v) is 6.32. The lowest BCUT2D eigenvalue weighted by atomic mass is 10.3. The minimum absolute atomic E-state index is 0.158. The van der Waals surface area contributed by atoms with Crippen LogP contribution in [0.5, 0.6) is 0 Å². The molecule has 2 aromatic heterocycles. The Hall–Kier alpha value is -1.73. The van der Waals surface area contributed by atoms with E-state index in [1.807, 2.05) is 37.4 Å². The van der Waals surface area contributed by atoms with E-state index in [2.05, 4.69) is 14.8 Å². The number of hydrogen-bond donors (Lipinski definition) is 1. The van der Waals surface area contributed by atoms with Crippen LogP contribution >= 0.6 is 0 Å². The van der Waals surface area contributed by atoms with E-state index >= 15 is 0 Å². The third-order valence-electron chi connectivity index (χ3n) is 2.70. The summed E-state index contributed by atoms with van der Waals surface area (Å²) in [7, 11) is -3.15. The number of hydrogen-bond acceptors (Lipinski definition) is 4. The van der Waals surface area contributed by atoms with Crippen LogP contribution in [0.2, 0.25) is 0 Å². The zero-order valence-electron chi connectivity index (χ0n) is 11.4. The largest absolute Gasteiger partial charge is 0.271 e. The fourth-order valence-electron chi connectivity index (χ4n) is 1.79. The zero-order valence-corrected chi connectivity index (χ0v) is 12.2. The van der Waals surface area contributed by atoms with Gasteiger partial charge in [-0.3, -0.25) is 9.67 Å². The minimum Gasteiger partial charge on any atom is -0.271 e. The van der Waals surface area contributed by atoms with Gasteiger partial charge in [-0.1, -0.05) is 13.0 Å². The molecular formula is C13H18N4O2S. The zero-order chi connectivity index (χ0) is 14.4. The van der Waals surface area contributed by atoms with E-state index in [0.29, 0.717) is 19.5 Å². The number of pyridine rings is 1. The molecule has 108 valence electrons. The van der Waals surface area contributed by atoms with Gasteiger partial charge in [0, 0.05) is 18.9 Å². The number of sulfonamides is 1. The highest BCUT2D eigenvalue weighted by molar-refractivity contribution is 7.89. The van der Waals surface area contributed by atoms with Crippen LogP contribution in [0.25, 0.3) is 11.4 Å². The molecule has 0 atom stereocenters. The van der Waals surface area contributed by atoms with Crippen molar-refractivity contribution < 1.29 is 8.42 Å². The van der Waals surface area contributed by atoms with Crippen molar-refractivity contribution in [2.45, 2.75) is 19.9 Å². The summed E-state index contributed by atoms with van der Waals surface area (Å²) in [5.41, 5.74) is 1.58. The molecule has 0 bridgehead atoms. The Balaban J connectivity index is 1.91. The van der Waals surface area contributed by atoms with Gasteiger partial charge in [0.1, 0.15) is 5.69 Å². The molecule has 0 aliphatic rings. The topological polar surface area (TPSA) is 76.9 Å². The SMILES string of the molecule is CCCS(=O)(=O)NCCn1ccc(-c2ccccn2)n1. The summed E-state index contributed by atoms with van der Waals surface area (Å²) in [6, 6.07) is 7.50. The van der Waals surface area contributed by atoms with Crippen molar-refractivity contribution >= 4 is 10.0 Å². The predicted octanol–water partition coefficient (Wildman–Crippen LogP) is 1.27. The molecule has 0 aliphatic carbocycles. The van der Waals surface area contributed by atoms with Gasteiger partial charge in [-0.25, -0.2) is 13.1 Å². The summed E-state index contributed by atoms with van der Waals surface area (Å²) >= 11 is 0. The van der Waals surface area contributed by atoms with Gasteiger partial charge in [0.2, 0.25) is 10.0 Å². The van der Waals surface area contributed by atoms with Crippen LogP contribution in [-0.4, -0.2) is 35.5 Å². The first kappa shape index (κ1) is 14.7. The van der Waals surface area contributed by atoms with E-state index in [0.717, 1.165) is 11.4 Å². The van der Waals surface area contributed by atoms with E-state index in [1.54, 1.807) is 10.9 Å². The molecule has 2 rings (SSSR count). The Kier molecular flexibility index (Phi) is 4.86. The predicted molar refractivity (Wildman–Crippen MR) is 77.5 cm³/mol. The van der Waals surface area contributed by atoms with E-state index in [9.17, 15) is 8.42 Å². The number of aromatic nitrogens is 3. The van der Waals surface area contributed by atoms with Crippen LogP contribution in [0.3, 0.4) is 0 Å². The van der Waals surface area contributed by atoms with Crippen LogP contribution in [0.15, 0.2) is 36.7 Å². The first-order chi connectivity index (χ1) is 9.61. The van der Waals surface area contributed by atoms with E-state index in [4.69, 9.17) is 0 Å². The molecule has 0 fully saturated rings. The standard InChI is InChI=1S/C13H18N4O2S/c1-2-11-20(18,19)15-8-10-17-9-6-13(16-17)12-5-3-4-7-14-12/h3-7,9,15H,2,8,10-11H2,1H3. The average Bonchev–Trinajstić information content (AvgIpc) is 2.88. The smallest absolute Gasteiger partial charge is 0.211 e. The Morgan fingerprint density at radius 3 is 2.80 bits per heavy atom. The summed E-state index contributed by atoms with van der Waals surface area (Å²) in [6.45, 7) is 2.67. The molecule has 7 heteroatoms. The summed E-state index contributed by atoms with van der Waals surface area (Å²) in [4.78, 5) is 4.22. The maximum absolute atomic E-state index is 11.5. The lowest BCUT2D eigenvalue weighted by molar-refractivity contribution is 0.560. The van der Waals surface area contributed by atoms with Crippen molar-refractivity contribution in [1.29, 1.82) is 0 Å². The molecule has 20 heavy (non-hydrogen) atoms. The van der Waals surface area contributed by atoms with Crippen LogP contribution < -0.4 is 4.72 Å². The molecule has 0 aromatic carbocycles. The number of nitrogens with zero attached hydrogens (tertiary/aromatic N) is 3. The van der Waals surface area contributed by atoms with Crippen LogP contribution in [-0.2, 0) is 16.6 Å². The molecule has 2 aromatic rings. The Labute approximate surface area is 118 Å². The molecule has 1 N–H and O–H groups in total. The van der Waals surface area contributed by atoms with Crippen LogP contribution in [0, 0.1) is 0 Å². The van der Waals surface area contributed by atoms with Gasteiger partial charge in [0.25, 0.3) is 0 Å². The first-order valence-corrected chi connectivity index (χ1v) is 8.18. The van der Waals surface area contributed by atoms with Crippen molar-refractivity contribution in [3.8, 4) is 11.4 Å². The van der Waals surface area contributed by atoms with Crippen LogP contribution in [0.4, 0.5) is 0 Å². The summed E-state index contributed by atoms with van der Waals surface area (Å²) < 4.78 is 27.3. The molecule has 0 radical (unpaired) electrons. The molecule has 0 spiro atoms. The van der Waals surface area contributed by atoms with Gasteiger partial charge >= 0.3 is 0 Å². The number of nitrogens with one attached hydrogen (secondary N) is 1. The monoisotopic (exact) mass is 294 g/mol. The van der Waals surface area contributed by atoms with Gasteiger partial charge in [-0.05, 0) is 24.6 Å². The molecule has 0 aliphatic heterocycles. The second-order valence-electron chi connectivity index (χ2n) is 4.39. The highest BCUT2D eigenvalue weighted by Crippen LogP contribution is 2.12. The molecule has 0 unspecified atom stereocenters. The normalized spacial score (nSPS) is 11.7. The van der Waals surface area contributed by atoms with Gasteiger partial charge < -0.3 is 0 Å². The molecular weight excluding hydrogens is 276 g/mol. The minimum atomic E-state index is -3.15. The molecule has 0 amide bonds. The summed E-state index contributed by atoms with van der Waals surface area (Å²) in [5, 5.41) is 4.37. The lowest BCUT2D eigenvalue weighted by Gasteiger charge is -2.05. The summed E-state index contributed by atoms with van der Waals surface area (Å²) in [5.74, 6) is 0.158. The third kappa shape index (κ3) is 4.14. The maximum atomic E-state index is 11.5. The fraction of sp³-hybridized carbons (Fsp3) is 0.385. The van der Waals surface area contributed by atoms with Gasteiger partial charge in [-0.15, -0.1) is 0 Å². The van der Waals surface area contributed by atoms with Crippen molar-refractivity contribution in [1.82, 2.24) is 19.5 Å². The average molecular weight is 294 g/mol. The molecule has 2 heterocycles. The first-order valence-electron chi connectivity index (χ1n) is 6.53. The molecule has 0 saturated carbocycles. The second kappa shape index (κ2) is 6.62.